The summed E-state index contributed by atoms with van der Waals surface area (Å²) in [7, 11) is 0. The summed E-state index contributed by atoms with van der Waals surface area (Å²) < 4.78 is 1.80. The Bertz CT molecular complexity index is 921. The summed E-state index contributed by atoms with van der Waals surface area (Å²) in [6, 6.07) is 3.55. The van der Waals surface area contributed by atoms with E-state index in [-0.39, 0.29) is 17.8 Å². The van der Waals surface area contributed by atoms with Crippen molar-refractivity contribution < 1.29 is 4.79 Å². The number of Topliss-reactive ketones (excluding diaryl/α,β-unsaturated/α-hetero) is 1. The second-order valence-corrected chi connectivity index (χ2v) is 5.16. The molecule has 3 heterocycles. The fourth-order valence-electron chi connectivity index (χ4n) is 2.61. The maximum absolute atomic E-state index is 12.2. The van der Waals surface area contributed by atoms with Crippen LogP contribution in [0.4, 0.5) is 0 Å². The molecule has 0 spiro atoms. The summed E-state index contributed by atoms with van der Waals surface area (Å²) in [5.74, 6) is 0.853. The number of nitrogens with zero attached hydrogens (tertiary/aromatic N) is 3. The molecular formula is C15H16N4O2. The van der Waals surface area contributed by atoms with Gasteiger partial charge >= 0.3 is 0 Å². The molecule has 0 aliphatic carbocycles. The van der Waals surface area contributed by atoms with Crippen molar-refractivity contribution in [3.05, 3.63) is 39.7 Å². The van der Waals surface area contributed by atoms with Gasteiger partial charge in [-0.2, -0.15) is 0 Å². The SMILES string of the molecule is CCc1nc(C)c2c(=O)[nH]c3ccc(CC(C)=O)nc3n12. The largest absolute Gasteiger partial charge is 0.317 e. The van der Waals surface area contributed by atoms with E-state index in [0.717, 1.165) is 5.82 Å². The summed E-state index contributed by atoms with van der Waals surface area (Å²) in [6.45, 7) is 5.34. The Labute approximate surface area is 120 Å². The molecule has 0 atom stereocenters. The number of pyridine rings is 1. The molecule has 0 saturated carbocycles. The molecule has 21 heavy (non-hydrogen) atoms. The van der Waals surface area contributed by atoms with Crippen LogP contribution in [0, 0.1) is 6.92 Å². The van der Waals surface area contributed by atoms with Crippen LogP contribution in [-0.2, 0) is 17.6 Å². The van der Waals surface area contributed by atoms with Gasteiger partial charge in [-0.25, -0.2) is 9.97 Å². The number of carbonyl (C=O) groups excluding carboxylic acids is 1. The lowest BCUT2D eigenvalue weighted by molar-refractivity contribution is -0.116. The van der Waals surface area contributed by atoms with Crippen molar-refractivity contribution in [3.63, 3.8) is 0 Å². The van der Waals surface area contributed by atoms with Crippen LogP contribution in [-0.4, -0.2) is 25.1 Å². The highest BCUT2D eigenvalue weighted by atomic mass is 16.1. The second kappa shape index (κ2) is 4.80. The van der Waals surface area contributed by atoms with Crippen LogP contribution in [0.5, 0.6) is 0 Å². The molecule has 3 aromatic rings. The monoisotopic (exact) mass is 284 g/mol. The van der Waals surface area contributed by atoms with Crippen LogP contribution in [0.15, 0.2) is 16.9 Å². The molecule has 0 bridgehead atoms. The Hall–Kier alpha value is -2.50. The fraction of sp³-hybridized carbons (Fsp3) is 0.333. The van der Waals surface area contributed by atoms with Gasteiger partial charge in [0.25, 0.3) is 5.56 Å². The Morgan fingerprint density at radius 1 is 1.33 bits per heavy atom. The molecule has 0 aliphatic heterocycles. The van der Waals surface area contributed by atoms with Gasteiger partial charge in [-0.1, -0.05) is 6.92 Å². The highest BCUT2D eigenvalue weighted by molar-refractivity contribution is 5.80. The van der Waals surface area contributed by atoms with Crippen molar-refractivity contribution in [1.82, 2.24) is 19.4 Å². The van der Waals surface area contributed by atoms with Crippen molar-refractivity contribution in [3.8, 4) is 0 Å². The number of nitrogens with one attached hydrogen (secondary N) is 1. The molecule has 0 radical (unpaired) electrons. The fourth-order valence-corrected chi connectivity index (χ4v) is 2.61. The lowest BCUT2D eigenvalue weighted by Crippen LogP contribution is -2.13. The van der Waals surface area contributed by atoms with Crippen LogP contribution in [0.25, 0.3) is 16.7 Å². The van der Waals surface area contributed by atoms with Gasteiger partial charge in [0, 0.05) is 12.8 Å². The number of aromatic nitrogens is 4. The van der Waals surface area contributed by atoms with Gasteiger partial charge in [0.05, 0.1) is 16.9 Å². The second-order valence-electron chi connectivity index (χ2n) is 5.16. The number of imidazole rings is 1. The number of rotatable bonds is 3. The van der Waals surface area contributed by atoms with Crippen molar-refractivity contribution in [2.45, 2.75) is 33.6 Å². The lowest BCUT2D eigenvalue weighted by atomic mass is 10.2. The topological polar surface area (TPSA) is 80.1 Å². The summed E-state index contributed by atoms with van der Waals surface area (Å²) in [5.41, 5.74) is 3.01. The van der Waals surface area contributed by atoms with Crippen molar-refractivity contribution >= 4 is 22.5 Å². The van der Waals surface area contributed by atoms with Gasteiger partial charge in [-0.3, -0.25) is 14.0 Å². The predicted octanol–water partition coefficient (Wildman–Crippen LogP) is 1.57. The van der Waals surface area contributed by atoms with Crippen LogP contribution in [0.2, 0.25) is 0 Å². The predicted molar refractivity (Wildman–Crippen MR) is 79.6 cm³/mol. The van der Waals surface area contributed by atoms with E-state index in [9.17, 15) is 9.59 Å². The third-order valence-electron chi connectivity index (χ3n) is 3.48. The first-order valence-corrected chi connectivity index (χ1v) is 6.90. The van der Waals surface area contributed by atoms with E-state index in [1.807, 2.05) is 13.8 Å². The summed E-state index contributed by atoms with van der Waals surface area (Å²) in [6.07, 6.45) is 0.984. The van der Waals surface area contributed by atoms with Crippen LogP contribution >= 0.6 is 0 Å². The maximum atomic E-state index is 12.2. The zero-order valence-electron chi connectivity index (χ0n) is 12.2. The summed E-state index contributed by atoms with van der Waals surface area (Å²) in [5, 5.41) is 0. The van der Waals surface area contributed by atoms with E-state index in [4.69, 9.17) is 0 Å². The number of H-pyrrole nitrogens is 1. The standard InChI is InChI=1S/C15H16N4O2/c1-4-12-16-9(3)13-15(21)18-11-6-5-10(7-8(2)20)17-14(11)19(12)13/h5-6H,4,7H2,1-3H3,(H,18,21). The normalized spacial score (nSPS) is 11.4. The first-order chi connectivity index (χ1) is 10.0. The minimum atomic E-state index is -0.173. The number of hydrogen-bond donors (Lipinski definition) is 1. The van der Waals surface area contributed by atoms with Gasteiger partial charge in [0.1, 0.15) is 17.1 Å². The van der Waals surface area contributed by atoms with Crippen molar-refractivity contribution in [2.24, 2.45) is 0 Å². The summed E-state index contributed by atoms with van der Waals surface area (Å²) >= 11 is 0. The molecule has 0 amide bonds. The molecule has 6 heteroatoms. The average Bonchev–Trinajstić information content (AvgIpc) is 2.77. The number of aryl methyl sites for hydroxylation is 2. The number of aromatic amines is 1. The molecule has 0 aliphatic rings. The van der Waals surface area contributed by atoms with Crippen LogP contribution < -0.4 is 5.56 Å². The van der Waals surface area contributed by atoms with E-state index in [2.05, 4.69) is 15.0 Å². The Morgan fingerprint density at radius 3 is 2.76 bits per heavy atom. The van der Waals surface area contributed by atoms with Crippen LogP contribution in [0.3, 0.4) is 0 Å². The number of fused-ring (bicyclic) bond motifs is 3. The quantitative estimate of drug-likeness (QED) is 0.791. The Balaban J connectivity index is 2.43. The third-order valence-corrected chi connectivity index (χ3v) is 3.48. The van der Waals surface area contributed by atoms with Crippen molar-refractivity contribution in [1.29, 1.82) is 0 Å². The van der Waals surface area contributed by atoms with Gasteiger partial charge in [-0.05, 0) is 26.0 Å². The highest BCUT2D eigenvalue weighted by Gasteiger charge is 2.15. The van der Waals surface area contributed by atoms with E-state index in [1.54, 1.807) is 16.5 Å². The highest BCUT2D eigenvalue weighted by Crippen LogP contribution is 2.16. The van der Waals surface area contributed by atoms with E-state index < -0.39 is 0 Å². The maximum Gasteiger partial charge on any atom is 0.274 e. The lowest BCUT2D eigenvalue weighted by Gasteiger charge is -2.06. The van der Waals surface area contributed by atoms with E-state index in [0.29, 0.717) is 34.5 Å². The molecule has 3 aromatic heterocycles. The van der Waals surface area contributed by atoms with E-state index >= 15 is 0 Å². The Kier molecular flexibility index (Phi) is 3.08. The first kappa shape index (κ1) is 13.5. The van der Waals surface area contributed by atoms with Gasteiger partial charge < -0.3 is 4.98 Å². The number of ketones is 1. The van der Waals surface area contributed by atoms with Crippen molar-refractivity contribution in [2.75, 3.05) is 0 Å². The smallest absolute Gasteiger partial charge is 0.274 e. The molecule has 0 unspecified atom stereocenters. The minimum absolute atomic E-state index is 0.0556. The van der Waals surface area contributed by atoms with E-state index in [1.165, 1.54) is 6.92 Å². The number of hydrogen-bond acceptors (Lipinski definition) is 4. The zero-order chi connectivity index (χ0) is 15.1. The molecular weight excluding hydrogens is 268 g/mol. The molecule has 0 aromatic carbocycles. The van der Waals surface area contributed by atoms with Gasteiger partial charge in [0.15, 0.2) is 5.65 Å². The average molecular weight is 284 g/mol. The summed E-state index contributed by atoms with van der Waals surface area (Å²) in [4.78, 5) is 35.3. The van der Waals surface area contributed by atoms with Gasteiger partial charge in [-0.15, -0.1) is 0 Å². The Morgan fingerprint density at radius 2 is 2.10 bits per heavy atom. The zero-order valence-corrected chi connectivity index (χ0v) is 12.2. The molecule has 0 fully saturated rings. The molecule has 1 N–H and O–H groups in total. The minimum Gasteiger partial charge on any atom is -0.317 e. The molecule has 108 valence electrons. The molecule has 0 saturated heterocycles. The van der Waals surface area contributed by atoms with Crippen LogP contribution in [0.1, 0.15) is 31.1 Å². The number of carbonyl (C=O) groups is 1. The first-order valence-electron chi connectivity index (χ1n) is 6.90. The molecule has 6 nitrogen and oxygen atoms in total. The molecule has 3 rings (SSSR count). The van der Waals surface area contributed by atoms with Gasteiger partial charge in [0.2, 0.25) is 0 Å². The third kappa shape index (κ3) is 2.12.